The van der Waals surface area contributed by atoms with Crippen molar-refractivity contribution in [3.63, 3.8) is 0 Å². The van der Waals surface area contributed by atoms with Crippen LogP contribution in [0.4, 0.5) is 0 Å². The minimum Gasteiger partial charge on any atom is -0.450 e. The highest BCUT2D eigenvalue weighted by molar-refractivity contribution is 7.99. The van der Waals surface area contributed by atoms with Crippen LogP contribution in [0.2, 0.25) is 0 Å². The van der Waals surface area contributed by atoms with Gasteiger partial charge in [-0.2, -0.15) is 0 Å². The number of rotatable bonds is 10. The molecule has 0 saturated carbocycles. The topological polar surface area (TPSA) is 18.5 Å². The number of allylic oxidation sites excluding steroid dienone is 1. The van der Waals surface area contributed by atoms with E-state index in [0.717, 1.165) is 36.5 Å². The van der Waals surface area contributed by atoms with Crippen molar-refractivity contribution < 1.29 is 9.47 Å². The van der Waals surface area contributed by atoms with Crippen molar-refractivity contribution in [1.82, 2.24) is 0 Å². The maximum atomic E-state index is 6.06. The summed E-state index contributed by atoms with van der Waals surface area (Å²) < 4.78 is 12.1. The van der Waals surface area contributed by atoms with Crippen LogP contribution in [0.1, 0.15) is 26.2 Å². The Morgan fingerprint density at radius 2 is 1.74 bits per heavy atom. The van der Waals surface area contributed by atoms with Gasteiger partial charge in [0, 0.05) is 10.8 Å². The van der Waals surface area contributed by atoms with Crippen molar-refractivity contribution in [2.75, 3.05) is 5.75 Å². The maximum Gasteiger partial charge on any atom is 0.248 e. The number of fused-ring (bicyclic) bond motifs is 1. The van der Waals surface area contributed by atoms with Crippen LogP contribution in [0.25, 0.3) is 0 Å². The lowest BCUT2D eigenvalue weighted by atomic mass is 9.89. The molecule has 0 fully saturated rings. The molecule has 0 aliphatic carbocycles. The summed E-state index contributed by atoms with van der Waals surface area (Å²) in [6.07, 6.45) is 6.99. The van der Waals surface area contributed by atoms with Gasteiger partial charge in [0.15, 0.2) is 11.5 Å². The lowest BCUT2D eigenvalue weighted by molar-refractivity contribution is 0.0193. The highest BCUT2D eigenvalue weighted by Crippen LogP contribution is 2.39. The number of thioether (sulfide) groups is 1. The molecule has 1 radical (unpaired) electrons. The summed E-state index contributed by atoms with van der Waals surface area (Å²) in [6, 6.07) is 18.3. The summed E-state index contributed by atoms with van der Waals surface area (Å²) in [5.41, 5.74) is 0. The van der Waals surface area contributed by atoms with Crippen LogP contribution in [0.15, 0.2) is 71.6 Å². The maximum absolute atomic E-state index is 6.06. The number of para-hydroxylation sites is 2. The van der Waals surface area contributed by atoms with Gasteiger partial charge >= 0.3 is 0 Å². The standard InChI is InChI=1S/C23H25O2S2/c1-2-3-13-20(23-24-21-14-7-8-15-22(21)25-23)18(17-26)10-9-16-27-19-11-5-4-6-12-19/h3-8,11-15,17,20,23H,2,9-10,16H2,1H3. The highest BCUT2D eigenvalue weighted by atomic mass is 32.2. The van der Waals surface area contributed by atoms with Gasteiger partial charge in [-0.3, -0.25) is 0 Å². The number of thiocarbonyl (C=S) groups is 1. The Morgan fingerprint density at radius 3 is 2.37 bits per heavy atom. The molecule has 1 aliphatic heterocycles. The number of hydrogen-bond donors (Lipinski definition) is 0. The van der Waals surface area contributed by atoms with Crippen LogP contribution in [0.5, 0.6) is 11.5 Å². The molecule has 0 spiro atoms. The number of hydrogen-bond acceptors (Lipinski definition) is 4. The molecule has 2 aromatic rings. The molecule has 1 heterocycles. The molecule has 27 heavy (non-hydrogen) atoms. The summed E-state index contributed by atoms with van der Waals surface area (Å²) in [5, 5.41) is 1.81. The molecular formula is C23H25O2S2. The van der Waals surface area contributed by atoms with E-state index < -0.39 is 0 Å². The predicted molar refractivity (Wildman–Crippen MR) is 118 cm³/mol. The van der Waals surface area contributed by atoms with E-state index in [1.807, 2.05) is 47.5 Å². The Morgan fingerprint density at radius 1 is 1.07 bits per heavy atom. The molecule has 0 N–H and O–H groups in total. The molecule has 0 bridgehead atoms. The number of ether oxygens (including phenoxy) is 2. The first-order valence-corrected chi connectivity index (χ1v) is 10.8. The molecule has 141 valence electrons. The Bertz CT molecular complexity index is 720. The second-order valence-corrected chi connectivity index (χ2v) is 7.77. The summed E-state index contributed by atoms with van der Waals surface area (Å²) in [7, 11) is 0. The van der Waals surface area contributed by atoms with Crippen molar-refractivity contribution in [1.29, 1.82) is 0 Å². The lowest BCUT2D eigenvalue weighted by Crippen LogP contribution is -2.32. The molecular weight excluding hydrogens is 372 g/mol. The minimum absolute atomic E-state index is 0.0385. The van der Waals surface area contributed by atoms with Crippen LogP contribution >= 0.6 is 24.0 Å². The SMILES string of the molecule is CCC=CC([C](C=S)CCCSc1ccccc1)C1Oc2ccccc2O1. The smallest absolute Gasteiger partial charge is 0.248 e. The number of benzene rings is 2. The Kier molecular flexibility index (Phi) is 7.79. The Balaban J connectivity index is 1.59. The molecule has 1 aliphatic rings. The molecule has 3 rings (SSSR count). The van der Waals surface area contributed by atoms with Gasteiger partial charge in [0.05, 0.1) is 5.92 Å². The minimum atomic E-state index is -0.346. The first kappa shape index (κ1) is 20.0. The zero-order valence-electron chi connectivity index (χ0n) is 15.5. The van der Waals surface area contributed by atoms with Crippen LogP contribution < -0.4 is 9.47 Å². The van der Waals surface area contributed by atoms with Gasteiger partial charge in [-0.15, -0.1) is 11.8 Å². The van der Waals surface area contributed by atoms with Crippen molar-refractivity contribution in [2.45, 2.75) is 37.4 Å². The average Bonchev–Trinajstić information content (AvgIpc) is 3.14. The van der Waals surface area contributed by atoms with Crippen LogP contribution in [0, 0.1) is 11.8 Å². The van der Waals surface area contributed by atoms with Crippen molar-refractivity contribution in [3.8, 4) is 11.5 Å². The quantitative estimate of drug-likeness (QED) is 0.197. The second kappa shape index (κ2) is 10.5. The molecule has 1 atom stereocenters. The lowest BCUT2D eigenvalue weighted by Gasteiger charge is -2.25. The fourth-order valence-electron chi connectivity index (χ4n) is 3.02. The monoisotopic (exact) mass is 397 g/mol. The fourth-order valence-corrected chi connectivity index (χ4v) is 4.17. The van der Waals surface area contributed by atoms with Crippen molar-refractivity contribution in [2.24, 2.45) is 5.92 Å². The van der Waals surface area contributed by atoms with E-state index in [1.54, 1.807) is 0 Å². The fraction of sp³-hybridized carbons (Fsp3) is 0.304. The zero-order chi connectivity index (χ0) is 18.9. The molecule has 0 amide bonds. The van der Waals surface area contributed by atoms with Crippen molar-refractivity contribution >= 4 is 29.3 Å². The largest absolute Gasteiger partial charge is 0.450 e. The molecule has 1 unspecified atom stereocenters. The van der Waals surface area contributed by atoms with Crippen molar-refractivity contribution in [3.05, 3.63) is 72.7 Å². The Labute approximate surface area is 172 Å². The zero-order valence-corrected chi connectivity index (χ0v) is 17.2. The first-order chi connectivity index (χ1) is 13.3. The van der Waals surface area contributed by atoms with Gasteiger partial charge in [0.2, 0.25) is 6.29 Å². The van der Waals surface area contributed by atoms with E-state index in [2.05, 4.69) is 43.3 Å². The third-order valence-corrected chi connectivity index (χ3v) is 5.81. The van der Waals surface area contributed by atoms with Crippen LogP contribution in [-0.2, 0) is 0 Å². The van der Waals surface area contributed by atoms with E-state index in [1.165, 1.54) is 10.8 Å². The molecule has 2 aromatic carbocycles. The van der Waals surface area contributed by atoms with E-state index in [9.17, 15) is 0 Å². The molecule has 0 aromatic heterocycles. The van der Waals surface area contributed by atoms with Crippen LogP contribution in [0.3, 0.4) is 0 Å². The van der Waals surface area contributed by atoms with Gasteiger partial charge in [-0.05, 0) is 54.6 Å². The van der Waals surface area contributed by atoms with E-state index in [4.69, 9.17) is 21.7 Å². The van der Waals surface area contributed by atoms with Gasteiger partial charge in [-0.25, -0.2) is 0 Å². The van der Waals surface area contributed by atoms with Crippen LogP contribution in [-0.4, -0.2) is 17.4 Å². The summed E-state index contributed by atoms with van der Waals surface area (Å²) in [5.74, 6) is 3.91. The van der Waals surface area contributed by atoms with Gasteiger partial charge in [-0.1, -0.05) is 61.6 Å². The second-order valence-electron chi connectivity index (χ2n) is 6.37. The molecule has 2 nitrogen and oxygen atoms in total. The third kappa shape index (κ3) is 5.60. The third-order valence-electron chi connectivity index (χ3n) is 4.41. The molecule has 4 heteroatoms. The van der Waals surface area contributed by atoms with E-state index >= 15 is 0 Å². The highest BCUT2D eigenvalue weighted by Gasteiger charge is 2.34. The van der Waals surface area contributed by atoms with Gasteiger partial charge < -0.3 is 9.47 Å². The van der Waals surface area contributed by atoms with Gasteiger partial charge in [0.25, 0.3) is 0 Å². The summed E-state index contributed by atoms with van der Waals surface area (Å²) in [4.78, 5) is 1.31. The van der Waals surface area contributed by atoms with E-state index in [-0.39, 0.29) is 12.2 Å². The summed E-state index contributed by atoms with van der Waals surface area (Å²) in [6.45, 7) is 2.13. The van der Waals surface area contributed by atoms with Gasteiger partial charge in [0.1, 0.15) is 0 Å². The summed E-state index contributed by atoms with van der Waals surface area (Å²) >= 11 is 7.23. The van der Waals surface area contributed by atoms with E-state index in [0.29, 0.717) is 0 Å². The normalized spacial score (nSPS) is 14.7. The molecule has 0 saturated heterocycles. The average molecular weight is 398 g/mol. The Hall–Kier alpha value is -1.78. The predicted octanol–water partition coefficient (Wildman–Crippen LogP) is 6.51. The first-order valence-electron chi connectivity index (χ1n) is 9.39.